The van der Waals surface area contributed by atoms with Crippen LogP contribution < -0.4 is 11.3 Å². The summed E-state index contributed by atoms with van der Waals surface area (Å²) in [6.07, 6.45) is 1.23. The van der Waals surface area contributed by atoms with Crippen LogP contribution in [0.2, 0.25) is 0 Å². The van der Waals surface area contributed by atoms with E-state index in [2.05, 4.69) is 57.4 Å². The van der Waals surface area contributed by atoms with E-state index in [9.17, 15) is 9.90 Å². The molecule has 34 heavy (non-hydrogen) atoms. The molecule has 0 spiro atoms. The highest BCUT2D eigenvalue weighted by Crippen LogP contribution is 2.30. The molecule has 182 valence electrons. The minimum atomic E-state index is -4.67. The third kappa shape index (κ3) is 7.39. The van der Waals surface area contributed by atoms with Crippen LogP contribution in [-0.2, 0) is 23.2 Å². The van der Waals surface area contributed by atoms with Crippen LogP contribution in [0.1, 0.15) is 54.9 Å². The van der Waals surface area contributed by atoms with Gasteiger partial charge in [0, 0.05) is 6.42 Å². The number of nitrogen functional groups attached to an aromatic ring is 1. The average molecular weight is 487 g/mol. The second kappa shape index (κ2) is 11.3. The molecular weight excluding hydrogens is 456 g/mol. The Labute approximate surface area is 200 Å². The Hall–Kier alpha value is -3.24. The van der Waals surface area contributed by atoms with Crippen molar-refractivity contribution in [3.63, 3.8) is 0 Å². The van der Waals surface area contributed by atoms with E-state index in [4.69, 9.17) is 23.4 Å². The lowest BCUT2D eigenvalue weighted by molar-refractivity contribution is 0.0950. The molecule has 9 heteroatoms. The average Bonchev–Trinajstić information content (AvgIpc) is 2.75. The molecule has 3 aromatic carbocycles. The van der Waals surface area contributed by atoms with Crippen molar-refractivity contribution in [3.8, 4) is 5.75 Å². The van der Waals surface area contributed by atoms with Crippen molar-refractivity contribution >= 4 is 16.3 Å². The standard InChI is InChI=1S/C25H28N2O2.H2O4S/c1-15-7-5-9-20(17(15)3)11-19-12-22(24(28)23(13-19)25(29)27-26)14-21-10-6-8-16(2)18(21)4;1-5(2,3)4/h5-10,12-13,28H,11,14,26H2,1-4H3,(H,27,29);(H2,1,2,3,4). The third-order valence-corrected chi connectivity index (χ3v) is 5.83. The Morgan fingerprint density at radius 3 is 1.79 bits per heavy atom. The first-order chi connectivity index (χ1) is 15.8. The van der Waals surface area contributed by atoms with E-state index in [0.717, 1.165) is 16.7 Å². The zero-order chi connectivity index (χ0) is 25.6. The Kier molecular flexibility index (Phi) is 8.94. The number of aromatic hydroxyl groups is 1. The summed E-state index contributed by atoms with van der Waals surface area (Å²) in [6.45, 7) is 8.35. The number of aryl methyl sites for hydroxylation is 2. The summed E-state index contributed by atoms with van der Waals surface area (Å²) in [7, 11) is -4.67. The first-order valence-corrected chi connectivity index (χ1v) is 11.9. The molecule has 0 saturated heterocycles. The molecular formula is C25H30N2O6S. The molecule has 1 amide bonds. The summed E-state index contributed by atoms with van der Waals surface area (Å²) in [5, 5.41) is 10.8. The van der Waals surface area contributed by atoms with Crippen molar-refractivity contribution in [3.05, 3.63) is 98.6 Å². The predicted molar refractivity (Wildman–Crippen MR) is 131 cm³/mol. The fourth-order valence-corrected chi connectivity index (χ4v) is 3.68. The highest BCUT2D eigenvalue weighted by atomic mass is 32.3. The van der Waals surface area contributed by atoms with E-state index in [1.807, 2.05) is 18.2 Å². The minimum Gasteiger partial charge on any atom is -0.507 e. The zero-order valence-corrected chi connectivity index (χ0v) is 20.4. The first kappa shape index (κ1) is 27.0. The normalized spacial score (nSPS) is 10.9. The van der Waals surface area contributed by atoms with Gasteiger partial charge in [-0.05, 0) is 84.7 Å². The Morgan fingerprint density at radius 1 is 0.853 bits per heavy atom. The summed E-state index contributed by atoms with van der Waals surface area (Å²) >= 11 is 0. The molecule has 3 aromatic rings. The SMILES string of the molecule is Cc1cccc(Cc2cc(Cc3cccc(C)c3C)c(O)c(C(=O)NN)c2)c1C.O=S(=O)(O)O. The number of phenolic OH excluding ortho intramolecular Hbond substituents is 1. The van der Waals surface area contributed by atoms with Gasteiger partial charge >= 0.3 is 10.4 Å². The van der Waals surface area contributed by atoms with Crippen LogP contribution in [0.15, 0.2) is 48.5 Å². The zero-order valence-electron chi connectivity index (χ0n) is 19.6. The summed E-state index contributed by atoms with van der Waals surface area (Å²) in [5.74, 6) is 4.85. The van der Waals surface area contributed by atoms with Gasteiger partial charge in [-0.15, -0.1) is 0 Å². The molecule has 0 unspecified atom stereocenters. The van der Waals surface area contributed by atoms with E-state index in [1.54, 1.807) is 6.07 Å². The van der Waals surface area contributed by atoms with Crippen LogP contribution in [0.3, 0.4) is 0 Å². The van der Waals surface area contributed by atoms with E-state index < -0.39 is 16.3 Å². The predicted octanol–water partition coefficient (Wildman–Crippen LogP) is 3.76. The number of phenols is 1. The van der Waals surface area contributed by atoms with Crippen molar-refractivity contribution in [2.24, 2.45) is 5.84 Å². The Bertz CT molecular complexity index is 1290. The third-order valence-electron chi connectivity index (χ3n) is 5.83. The number of hydrogen-bond acceptors (Lipinski definition) is 5. The van der Waals surface area contributed by atoms with Crippen molar-refractivity contribution in [2.45, 2.75) is 40.5 Å². The van der Waals surface area contributed by atoms with Crippen LogP contribution in [0.5, 0.6) is 5.75 Å². The number of carbonyl (C=O) groups is 1. The Morgan fingerprint density at radius 2 is 1.32 bits per heavy atom. The summed E-state index contributed by atoms with van der Waals surface area (Å²) in [6, 6.07) is 16.1. The number of benzene rings is 3. The van der Waals surface area contributed by atoms with Crippen molar-refractivity contribution < 1.29 is 27.4 Å². The van der Waals surface area contributed by atoms with Crippen molar-refractivity contribution in [2.75, 3.05) is 0 Å². The summed E-state index contributed by atoms with van der Waals surface area (Å²) < 4.78 is 31.6. The molecule has 0 fully saturated rings. The second-order valence-corrected chi connectivity index (χ2v) is 9.04. The second-order valence-electron chi connectivity index (χ2n) is 8.14. The smallest absolute Gasteiger partial charge is 0.394 e. The molecule has 0 aliphatic carbocycles. The number of carbonyl (C=O) groups excluding carboxylic acids is 1. The van der Waals surface area contributed by atoms with Gasteiger partial charge in [0.15, 0.2) is 0 Å². The molecule has 6 N–H and O–H groups in total. The number of nitrogens with two attached hydrogens (primary N) is 1. The molecule has 0 radical (unpaired) electrons. The number of amides is 1. The highest BCUT2D eigenvalue weighted by Gasteiger charge is 2.17. The van der Waals surface area contributed by atoms with Gasteiger partial charge in [-0.3, -0.25) is 19.3 Å². The fourth-order valence-electron chi connectivity index (χ4n) is 3.68. The largest absolute Gasteiger partial charge is 0.507 e. The molecule has 0 aliphatic heterocycles. The number of hydrogen-bond donors (Lipinski definition) is 5. The van der Waals surface area contributed by atoms with Crippen LogP contribution in [0, 0.1) is 27.7 Å². The molecule has 0 heterocycles. The fraction of sp³-hybridized carbons (Fsp3) is 0.240. The Balaban J connectivity index is 0.000000739. The lowest BCUT2D eigenvalue weighted by Crippen LogP contribution is -2.30. The molecule has 0 atom stereocenters. The quantitative estimate of drug-likeness (QED) is 0.159. The van der Waals surface area contributed by atoms with Gasteiger partial charge in [-0.2, -0.15) is 8.42 Å². The van der Waals surface area contributed by atoms with Crippen molar-refractivity contribution in [1.82, 2.24) is 5.43 Å². The van der Waals surface area contributed by atoms with Crippen LogP contribution >= 0.6 is 0 Å². The lowest BCUT2D eigenvalue weighted by atomic mass is 9.91. The molecule has 0 aromatic heterocycles. The number of nitrogens with one attached hydrogen (secondary N) is 1. The molecule has 0 bridgehead atoms. The molecule has 0 aliphatic rings. The van der Waals surface area contributed by atoms with Gasteiger partial charge in [0.1, 0.15) is 5.75 Å². The maximum atomic E-state index is 12.3. The van der Waals surface area contributed by atoms with Crippen LogP contribution in [0.4, 0.5) is 0 Å². The lowest BCUT2D eigenvalue weighted by Gasteiger charge is -2.15. The van der Waals surface area contributed by atoms with E-state index in [0.29, 0.717) is 12.8 Å². The van der Waals surface area contributed by atoms with Gasteiger partial charge in [0.05, 0.1) is 5.56 Å². The van der Waals surface area contributed by atoms with Crippen LogP contribution in [0.25, 0.3) is 0 Å². The topological polar surface area (TPSA) is 150 Å². The molecule has 0 saturated carbocycles. The van der Waals surface area contributed by atoms with Gasteiger partial charge in [0.2, 0.25) is 0 Å². The van der Waals surface area contributed by atoms with Gasteiger partial charge in [-0.1, -0.05) is 42.5 Å². The molecule has 3 rings (SSSR count). The van der Waals surface area contributed by atoms with Crippen LogP contribution in [-0.4, -0.2) is 28.5 Å². The van der Waals surface area contributed by atoms with E-state index >= 15 is 0 Å². The van der Waals surface area contributed by atoms with Gasteiger partial charge in [-0.25, -0.2) is 5.84 Å². The highest BCUT2D eigenvalue weighted by molar-refractivity contribution is 7.79. The van der Waals surface area contributed by atoms with Gasteiger partial charge in [0.25, 0.3) is 5.91 Å². The van der Waals surface area contributed by atoms with E-state index in [-0.39, 0.29) is 11.3 Å². The monoisotopic (exact) mass is 486 g/mol. The first-order valence-electron chi connectivity index (χ1n) is 10.5. The van der Waals surface area contributed by atoms with Crippen molar-refractivity contribution in [1.29, 1.82) is 0 Å². The molecule has 8 nitrogen and oxygen atoms in total. The number of rotatable bonds is 5. The number of hydrazine groups is 1. The minimum absolute atomic E-state index is 0.0152. The summed E-state index contributed by atoms with van der Waals surface area (Å²) in [4.78, 5) is 12.3. The maximum Gasteiger partial charge on any atom is 0.394 e. The van der Waals surface area contributed by atoms with Gasteiger partial charge < -0.3 is 5.11 Å². The maximum absolute atomic E-state index is 12.3. The van der Waals surface area contributed by atoms with E-state index in [1.165, 1.54) is 27.8 Å². The summed E-state index contributed by atoms with van der Waals surface area (Å²) in [5.41, 5.74) is 11.2.